The van der Waals surface area contributed by atoms with E-state index in [0.717, 1.165) is 5.56 Å². The summed E-state index contributed by atoms with van der Waals surface area (Å²) in [6, 6.07) is 3.66. The maximum atomic E-state index is 12.2. The number of likely N-dealkylation sites (tertiary alicyclic amines) is 1. The summed E-state index contributed by atoms with van der Waals surface area (Å²) in [4.78, 5) is 28.7. The zero-order valence-corrected chi connectivity index (χ0v) is 10.2. The number of carboxylic acid groups (broad SMARTS) is 1. The van der Waals surface area contributed by atoms with E-state index >= 15 is 0 Å². The molecule has 1 aromatic heterocycles. The van der Waals surface area contributed by atoms with Crippen LogP contribution in [0.15, 0.2) is 24.5 Å². The monoisotopic (exact) mass is 248 g/mol. The number of carbonyl (C=O) groups excluding carboxylic acids is 1. The Labute approximate surface area is 105 Å². The van der Waals surface area contributed by atoms with Crippen molar-refractivity contribution in [3.05, 3.63) is 30.1 Å². The van der Waals surface area contributed by atoms with Crippen molar-refractivity contribution in [1.82, 2.24) is 9.88 Å². The first-order valence-electron chi connectivity index (χ1n) is 6.01. The molecule has 0 bridgehead atoms. The van der Waals surface area contributed by atoms with E-state index in [1.807, 2.05) is 13.0 Å². The first-order chi connectivity index (χ1) is 8.59. The predicted molar refractivity (Wildman–Crippen MR) is 65.0 cm³/mol. The van der Waals surface area contributed by atoms with Crippen LogP contribution >= 0.6 is 0 Å². The van der Waals surface area contributed by atoms with Crippen LogP contribution in [-0.2, 0) is 9.59 Å². The Balaban J connectivity index is 2.02. The van der Waals surface area contributed by atoms with Gasteiger partial charge in [0.1, 0.15) is 0 Å². The van der Waals surface area contributed by atoms with Crippen molar-refractivity contribution in [2.75, 3.05) is 13.1 Å². The standard InChI is InChI=1S/C13H16N2O3/c1-9(10-3-2-5-14-7-10)12(16)15-6-4-11(8-15)13(17)18/h2-3,5,7,9,11H,4,6,8H2,1H3,(H,17,18)/t9-,11-/m0/s1. The van der Waals surface area contributed by atoms with Gasteiger partial charge in [-0.05, 0) is 25.0 Å². The minimum Gasteiger partial charge on any atom is -0.481 e. The van der Waals surface area contributed by atoms with Crippen molar-refractivity contribution in [3.63, 3.8) is 0 Å². The molecule has 2 atom stereocenters. The Morgan fingerprint density at radius 3 is 2.89 bits per heavy atom. The maximum absolute atomic E-state index is 12.2. The summed E-state index contributed by atoms with van der Waals surface area (Å²) < 4.78 is 0. The molecule has 2 heterocycles. The van der Waals surface area contributed by atoms with Crippen LogP contribution in [-0.4, -0.2) is 40.0 Å². The first kappa shape index (κ1) is 12.5. The summed E-state index contributed by atoms with van der Waals surface area (Å²) >= 11 is 0. The van der Waals surface area contributed by atoms with Crippen LogP contribution in [0.25, 0.3) is 0 Å². The highest BCUT2D eigenvalue weighted by Crippen LogP contribution is 2.22. The van der Waals surface area contributed by atoms with Gasteiger partial charge >= 0.3 is 5.97 Å². The molecule has 1 N–H and O–H groups in total. The van der Waals surface area contributed by atoms with Crippen molar-refractivity contribution in [3.8, 4) is 0 Å². The minimum absolute atomic E-state index is 0.0215. The molecule has 2 rings (SSSR count). The molecule has 0 saturated carbocycles. The van der Waals surface area contributed by atoms with E-state index in [1.165, 1.54) is 0 Å². The average Bonchev–Trinajstić information content (AvgIpc) is 2.88. The SMILES string of the molecule is C[C@H](C(=O)N1CC[C@H](C(=O)O)C1)c1cccnc1. The maximum Gasteiger partial charge on any atom is 0.308 e. The number of carboxylic acids is 1. The van der Waals surface area contributed by atoms with Crippen molar-refractivity contribution in [1.29, 1.82) is 0 Å². The molecule has 18 heavy (non-hydrogen) atoms. The van der Waals surface area contributed by atoms with Crippen molar-refractivity contribution < 1.29 is 14.7 Å². The van der Waals surface area contributed by atoms with Gasteiger partial charge in [0.15, 0.2) is 0 Å². The van der Waals surface area contributed by atoms with Gasteiger partial charge in [-0.2, -0.15) is 0 Å². The van der Waals surface area contributed by atoms with Crippen LogP contribution in [0.4, 0.5) is 0 Å². The van der Waals surface area contributed by atoms with Gasteiger partial charge in [-0.25, -0.2) is 0 Å². The predicted octanol–water partition coefficient (Wildman–Crippen LogP) is 1.12. The van der Waals surface area contributed by atoms with Gasteiger partial charge in [0.05, 0.1) is 11.8 Å². The lowest BCUT2D eigenvalue weighted by molar-refractivity contribution is -0.141. The Morgan fingerprint density at radius 1 is 1.56 bits per heavy atom. The zero-order valence-electron chi connectivity index (χ0n) is 10.2. The number of hydrogen-bond acceptors (Lipinski definition) is 3. The fourth-order valence-electron chi connectivity index (χ4n) is 2.21. The number of hydrogen-bond donors (Lipinski definition) is 1. The van der Waals surface area contributed by atoms with Crippen LogP contribution in [0.5, 0.6) is 0 Å². The number of carbonyl (C=O) groups is 2. The van der Waals surface area contributed by atoms with Crippen molar-refractivity contribution >= 4 is 11.9 Å². The summed E-state index contributed by atoms with van der Waals surface area (Å²) in [6.45, 7) is 2.67. The van der Waals surface area contributed by atoms with Crippen LogP contribution in [0, 0.1) is 5.92 Å². The van der Waals surface area contributed by atoms with Gasteiger partial charge in [-0.1, -0.05) is 6.07 Å². The number of aliphatic carboxylic acids is 1. The van der Waals surface area contributed by atoms with Crippen LogP contribution in [0.2, 0.25) is 0 Å². The molecule has 96 valence electrons. The van der Waals surface area contributed by atoms with E-state index in [1.54, 1.807) is 23.4 Å². The van der Waals surface area contributed by atoms with Gasteiger partial charge in [-0.15, -0.1) is 0 Å². The molecular weight excluding hydrogens is 232 g/mol. The van der Waals surface area contributed by atoms with Gasteiger partial charge in [-0.3, -0.25) is 14.6 Å². The largest absolute Gasteiger partial charge is 0.481 e. The quantitative estimate of drug-likeness (QED) is 0.870. The Morgan fingerprint density at radius 2 is 2.33 bits per heavy atom. The van der Waals surface area contributed by atoms with Crippen LogP contribution in [0.1, 0.15) is 24.8 Å². The van der Waals surface area contributed by atoms with E-state index in [4.69, 9.17) is 5.11 Å². The van der Waals surface area contributed by atoms with E-state index in [2.05, 4.69) is 4.98 Å². The molecule has 0 spiro atoms. The smallest absolute Gasteiger partial charge is 0.308 e. The average molecular weight is 248 g/mol. The first-order valence-corrected chi connectivity index (χ1v) is 6.01. The fraction of sp³-hybridized carbons (Fsp3) is 0.462. The Kier molecular flexibility index (Phi) is 3.60. The summed E-state index contributed by atoms with van der Waals surface area (Å²) in [5, 5.41) is 8.92. The molecule has 1 fully saturated rings. The summed E-state index contributed by atoms with van der Waals surface area (Å²) in [7, 11) is 0. The normalized spacial score (nSPS) is 20.7. The molecule has 0 aromatic carbocycles. The number of nitrogens with zero attached hydrogens (tertiary/aromatic N) is 2. The zero-order chi connectivity index (χ0) is 13.1. The highest BCUT2D eigenvalue weighted by Gasteiger charge is 2.32. The molecule has 1 saturated heterocycles. The molecule has 1 aliphatic heterocycles. The number of pyridine rings is 1. The van der Waals surface area contributed by atoms with Gasteiger partial charge in [0, 0.05) is 25.5 Å². The van der Waals surface area contributed by atoms with E-state index in [9.17, 15) is 9.59 Å². The summed E-state index contributed by atoms with van der Waals surface area (Å²) in [5.74, 6) is -1.53. The van der Waals surface area contributed by atoms with Gasteiger partial charge in [0.25, 0.3) is 0 Å². The van der Waals surface area contributed by atoms with Crippen molar-refractivity contribution in [2.24, 2.45) is 5.92 Å². The minimum atomic E-state index is -0.820. The van der Waals surface area contributed by atoms with Crippen LogP contribution < -0.4 is 0 Å². The Hall–Kier alpha value is -1.91. The molecular formula is C13H16N2O3. The molecule has 1 aromatic rings. The van der Waals surface area contributed by atoms with Gasteiger partial charge < -0.3 is 10.0 Å². The third-order valence-electron chi connectivity index (χ3n) is 3.40. The molecule has 0 radical (unpaired) electrons. The van der Waals surface area contributed by atoms with E-state index < -0.39 is 11.9 Å². The van der Waals surface area contributed by atoms with Gasteiger partial charge in [0.2, 0.25) is 5.91 Å². The lowest BCUT2D eigenvalue weighted by atomic mass is 10.0. The second-order valence-corrected chi connectivity index (χ2v) is 4.62. The second-order valence-electron chi connectivity index (χ2n) is 4.62. The topological polar surface area (TPSA) is 70.5 Å². The van der Waals surface area contributed by atoms with E-state index in [0.29, 0.717) is 19.5 Å². The molecule has 1 amide bonds. The molecule has 0 aliphatic carbocycles. The molecule has 1 aliphatic rings. The Bertz CT molecular complexity index is 447. The third kappa shape index (κ3) is 2.50. The lowest BCUT2D eigenvalue weighted by Gasteiger charge is -2.20. The summed E-state index contributed by atoms with van der Waals surface area (Å²) in [6.07, 6.45) is 3.88. The van der Waals surface area contributed by atoms with Crippen molar-refractivity contribution in [2.45, 2.75) is 19.3 Å². The lowest BCUT2D eigenvalue weighted by Crippen LogP contribution is -2.33. The summed E-state index contributed by atoms with van der Waals surface area (Å²) in [5.41, 5.74) is 0.862. The highest BCUT2D eigenvalue weighted by molar-refractivity contribution is 5.84. The second kappa shape index (κ2) is 5.16. The number of rotatable bonds is 3. The molecule has 5 nitrogen and oxygen atoms in total. The number of amides is 1. The number of aromatic nitrogens is 1. The van der Waals surface area contributed by atoms with E-state index in [-0.39, 0.29) is 11.8 Å². The fourth-order valence-corrected chi connectivity index (χ4v) is 2.21. The third-order valence-corrected chi connectivity index (χ3v) is 3.40. The highest BCUT2D eigenvalue weighted by atomic mass is 16.4. The molecule has 0 unspecified atom stereocenters. The molecule has 5 heteroatoms. The van der Waals surface area contributed by atoms with Crippen LogP contribution in [0.3, 0.4) is 0 Å².